The summed E-state index contributed by atoms with van der Waals surface area (Å²) in [5, 5.41) is 2.90. The molecule has 0 fully saturated rings. The molecule has 7 nitrogen and oxygen atoms in total. The van der Waals surface area contributed by atoms with Crippen molar-refractivity contribution in [3.63, 3.8) is 0 Å². The van der Waals surface area contributed by atoms with Crippen LogP contribution in [0.4, 0.5) is 14.5 Å². The van der Waals surface area contributed by atoms with Crippen LogP contribution in [0.15, 0.2) is 42.5 Å². The zero-order chi connectivity index (χ0) is 27.0. The minimum Gasteiger partial charge on any atom is -0.352 e. The summed E-state index contributed by atoms with van der Waals surface area (Å²) in [5.41, 5.74) is 1.90. The lowest BCUT2D eigenvalue weighted by Crippen LogP contribution is -2.49. The number of nitrogens with one attached hydrogen (secondary N) is 1. The van der Waals surface area contributed by atoms with Crippen LogP contribution in [0.1, 0.15) is 51.2 Å². The predicted octanol–water partition coefficient (Wildman–Crippen LogP) is 4.15. The molecule has 0 saturated carbocycles. The van der Waals surface area contributed by atoms with Crippen LogP contribution in [0.3, 0.4) is 0 Å². The molecule has 0 radical (unpaired) electrons. The first-order valence-electron chi connectivity index (χ1n) is 11.9. The Morgan fingerprint density at radius 2 is 1.67 bits per heavy atom. The second kappa shape index (κ2) is 12.8. The van der Waals surface area contributed by atoms with E-state index in [1.165, 1.54) is 11.0 Å². The molecular formula is C26H35F2N3O4S. The lowest BCUT2D eigenvalue weighted by atomic mass is 10.1. The summed E-state index contributed by atoms with van der Waals surface area (Å²) >= 11 is 0. The highest BCUT2D eigenvalue weighted by molar-refractivity contribution is 7.92. The molecule has 0 heterocycles. The van der Waals surface area contributed by atoms with Crippen LogP contribution in [0.5, 0.6) is 0 Å². The third kappa shape index (κ3) is 8.29. The number of carbonyl (C=O) groups is 2. The number of nitrogens with zero attached hydrogens (tertiary/aromatic N) is 2. The standard InChI is InChI=1S/C26H35F2N3O4S/c1-6-19(3)29-26(33)20(4)30(17-21-11-9-18(2)10-12-21)25(32)8-7-15-31(36(5,34)35)22-13-14-23(27)24(28)16-22/h9-14,16,19-20H,6-8,15,17H2,1-5H3,(H,29,33)/t19-,20-/m1/s1. The van der Waals surface area contributed by atoms with Crippen LogP contribution in [0.2, 0.25) is 0 Å². The molecule has 0 saturated heterocycles. The monoisotopic (exact) mass is 523 g/mol. The maximum atomic E-state index is 13.7. The first kappa shape index (κ1) is 29.2. The van der Waals surface area contributed by atoms with Gasteiger partial charge in [0.2, 0.25) is 21.8 Å². The molecule has 0 aliphatic carbocycles. The maximum Gasteiger partial charge on any atom is 0.242 e. The molecule has 1 N–H and O–H groups in total. The summed E-state index contributed by atoms with van der Waals surface area (Å²) < 4.78 is 52.6. The van der Waals surface area contributed by atoms with E-state index in [1.54, 1.807) is 6.92 Å². The van der Waals surface area contributed by atoms with Crippen molar-refractivity contribution in [1.82, 2.24) is 10.2 Å². The number of halogens is 2. The molecule has 2 amide bonds. The molecule has 0 aliphatic rings. The molecule has 2 aromatic rings. The summed E-state index contributed by atoms with van der Waals surface area (Å²) in [6, 6.07) is 9.68. The first-order chi connectivity index (χ1) is 16.8. The second-order valence-electron chi connectivity index (χ2n) is 9.04. The van der Waals surface area contributed by atoms with E-state index < -0.39 is 27.7 Å². The second-order valence-corrected chi connectivity index (χ2v) is 10.9. The molecule has 0 aliphatic heterocycles. The van der Waals surface area contributed by atoms with Crippen molar-refractivity contribution in [1.29, 1.82) is 0 Å². The van der Waals surface area contributed by atoms with Crippen LogP contribution < -0.4 is 9.62 Å². The van der Waals surface area contributed by atoms with Gasteiger partial charge in [0.1, 0.15) is 6.04 Å². The number of anilines is 1. The van der Waals surface area contributed by atoms with Crippen molar-refractivity contribution in [3.8, 4) is 0 Å². The van der Waals surface area contributed by atoms with Crippen LogP contribution in [0.25, 0.3) is 0 Å². The number of rotatable bonds is 12. The normalized spacial score (nSPS) is 13.1. The van der Waals surface area contributed by atoms with Gasteiger partial charge in [-0.2, -0.15) is 0 Å². The Bertz CT molecular complexity index is 1160. The van der Waals surface area contributed by atoms with Crippen molar-refractivity contribution in [3.05, 3.63) is 65.2 Å². The summed E-state index contributed by atoms with van der Waals surface area (Å²) in [5.74, 6) is -2.84. The molecule has 198 valence electrons. The number of amides is 2. The molecule has 2 atom stereocenters. The zero-order valence-corrected chi connectivity index (χ0v) is 22.2. The Morgan fingerprint density at radius 1 is 1.03 bits per heavy atom. The van der Waals surface area contributed by atoms with Crippen molar-refractivity contribution in [2.75, 3.05) is 17.1 Å². The predicted molar refractivity (Wildman–Crippen MR) is 137 cm³/mol. The van der Waals surface area contributed by atoms with Gasteiger partial charge in [0.05, 0.1) is 11.9 Å². The topological polar surface area (TPSA) is 86.8 Å². The highest BCUT2D eigenvalue weighted by atomic mass is 32.2. The van der Waals surface area contributed by atoms with Gasteiger partial charge >= 0.3 is 0 Å². The summed E-state index contributed by atoms with van der Waals surface area (Å²) in [7, 11) is -3.81. The van der Waals surface area contributed by atoms with E-state index >= 15 is 0 Å². The number of sulfonamides is 1. The van der Waals surface area contributed by atoms with Gasteiger partial charge in [0.15, 0.2) is 11.6 Å². The number of hydrogen-bond acceptors (Lipinski definition) is 4. The van der Waals surface area contributed by atoms with Gasteiger partial charge in [-0.3, -0.25) is 13.9 Å². The third-order valence-corrected chi connectivity index (χ3v) is 7.18. The minimum absolute atomic E-state index is 0.0262. The Morgan fingerprint density at radius 3 is 2.22 bits per heavy atom. The number of aryl methyl sites for hydroxylation is 1. The fourth-order valence-corrected chi connectivity index (χ4v) is 4.54. The maximum absolute atomic E-state index is 13.7. The van der Waals surface area contributed by atoms with Crippen molar-refractivity contribution in [2.24, 2.45) is 0 Å². The third-order valence-electron chi connectivity index (χ3n) is 5.99. The average molecular weight is 524 g/mol. The highest BCUT2D eigenvalue weighted by Gasteiger charge is 2.27. The fourth-order valence-electron chi connectivity index (χ4n) is 3.58. The molecule has 36 heavy (non-hydrogen) atoms. The molecule has 0 bridgehead atoms. The Hall–Kier alpha value is -3.01. The van der Waals surface area contributed by atoms with Gasteiger partial charge in [-0.25, -0.2) is 17.2 Å². The van der Waals surface area contributed by atoms with E-state index in [0.717, 1.165) is 40.2 Å². The van der Waals surface area contributed by atoms with Gasteiger partial charge in [-0.1, -0.05) is 36.8 Å². The first-order valence-corrected chi connectivity index (χ1v) is 13.8. The zero-order valence-electron chi connectivity index (χ0n) is 21.4. The number of hydrogen-bond donors (Lipinski definition) is 1. The Kier molecular flexibility index (Phi) is 10.4. The summed E-state index contributed by atoms with van der Waals surface area (Å²) in [6.45, 7) is 7.55. The molecule has 0 unspecified atom stereocenters. The lowest BCUT2D eigenvalue weighted by Gasteiger charge is -2.30. The van der Waals surface area contributed by atoms with Gasteiger partial charge in [0, 0.05) is 31.6 Å². The molecule has 0 spiro atoms. The summed E-state index contributed by atoms with van der Waals surface area (Å²) in [4.78, 5) is 27.5. The molecular weight excluding hydrogens is 488 g/mol. The largest absolute Gasteiger partial charge is 0.352 e. The molecule has 10 heteroatoms. The van der Waals surface area contributed by atoms with E-state index in [2.05, 4.69) is 5.32 Å². The van der Waals surface area contributed by atoms with Crippen molar-refractivity contribution < 1.29 is 26.8 Å². The molecule has 2 rings (SSSR count). The van der Waals surface area contributed by atoms with E-state index in [1.807, 2.05) is 45.0 Å². The summed E-state index contributed by atoms with van der Waals surface area (Å²) in [6.07, 6.45) is 1.79. The van der Waals surface area contributed by atoms with Crippen LogP contribution >= 0.6 is 0 Å². The van der Waals surface area contributed by atoms with Gasteiger partial charge < -0.3 is 10.2 Å². The van der Waals surface area contributed by atoms with E-state index in [-0.39, 0.29) is 49.5 Å². The quantitative estimate of drug-likeness (QED) is 0.453. The number of benzene rings is 2. The fraction of sp³-hybridized carbons (Fsp3) is 0.462. The Balaban J connectivity index is 2.18. The van der Waals surface area contributed by atoms with Gasteiger partial charge in [-0.05, 0) is 51.3 Å². The van der Waals surface area contributed by atoms with Crippen molar-refractivity contribution >= 4 is 27.5 Å². The highest BCUT2D eigenvalue weighted by Crippen LogP contribution is 2.22. The SMILES string of the molecule is CC[C@@H](C)NC(=O)[C@@H](C)N(Cc1ccc(C)cc1)C(=O)CCCN(c1ccc(F)c(F)c1)S(C)(=O)=O. The Labute approximate surface area is 212 Å². The number of carbonyl (C=O) groups excluding carboxylic acids is 2. The van der Waals surface area contributed by atoms with Crippen LogP contribution in [-0.4, -0.2) is 50.0 Å². The van der Waals surface area contributed by atoms with E-state index in [0.29, 0.717) is 0 Å². The van der Waals surface area contributed by atoms with E-state index in [4.69, 9.17) is 0 Å². The van der Waals surface area contributed by atoms with Crippen LogP contribution in [-0.2, 0) is 26.2 Å². The van der Waals surface area contributed by atoms with Gasteiger partial charge in [-0.15, -0.1) is 0 Å². The van der Waals surface area contributed by atoms with Crippen LogP contribution in [0, 0.1) is 18.6 Å². The average Bonchev–Trinajstić information content (AvgIpc) is 2.81. The van der Waals surface area contributed by atoms with Crippen molar-refractivity contribution in [2.45, 2.75) is 65.6 Å². The van der Waals surface area contributed by atoms with E-state index in [9.17, 15) is 26.8 Å². The smallest absolute Gasteiger partial charge is 0.242 e. The lowest BCUT2D eigenvalue weighted by molar-refractivity contribution is -0.140. The molecule has 0 aromatic heterocycles. The van der Waals surface area contributed by atoms with Gasteiger partial charge in [0.25, 0.3) is 0 Å². The molecule has 2 aromatic carbocycles. The minimum atomic E-state index is -3.81.